The van der Waals surface area contributed by atoms with Crippen LogP contribution < -0.4 is 11.1 Å². The number of rotatable bonds is 6. The van der Waals surface area contributed by atoms with Crippen molar-refractivity contribution in [2.45, 2.75) is 32.1 Å². The van der Waals surface area contributed by atoms with E-state index < -0.39 is 0 Å². The number of nitrogens with one attached hydrogen (secondary N) is 1. The molecule has 1 aliphatic rings. The Labute approximate surface area is 83.5 Å². The smallest absolute Gasteiger partial charge is 0.254 e. The maximum absolute atomic E-state index is 11.1. The lowest BCUT2D eigenvalue weighted by atomic mass is 10.1. The van der Waals surface area contributed by atoms with Crippen molar-refractivity contribution in [2.75, 3.05) is 6.54 Å². The van der Waals surface area contributed by atoms with E-state index in [4.69, 9.17) is 5.73 Å². The summed E-state index contributed by atoms with van der Waals surface area (Å²) in [5.74, 6) is -0.513. The zero-order valence-electron chi connectivity index (χ0n) is 8.21. The molecule has 1 heterocycles. The van der Waals surface area contributed by atoms with Gasteiger partial charge in [-0.25, -0.2) is 0 Å². The molecule has 1 rings (SSSR count). The molecule has 4 heteroatoms. The topological polar surface area (TPSA) is 72.2 Å². The van der Waals surface area contributed by atoms with E-state index in [1.165, 1.54) is 6.08 Å². The highest BCUT2D eigenvalue weighted by atomic mass is 16.2. The molecule has 0 fully saturated rings. The highest BCUT2D eigenvalue weighted by Crippen LogP contribution is 2.12. The Hall–Kier alpha value is -1.16. The lowest BCUT2D eigenvalue weighted by Crippen LogP contribution is -2.22. The first kappa shape index (κ1) is 10.9. The number of hydrogen-bond donors (Lipinski definition) is 2. The monoisotopic (exact) mass is 196 g/mol. The Morgan fingerprint density at radius 2 is 1.86 bits per heavy atom. The average molecular weight is 196 g/mol. The second-order valence-electron chi connectivity index (χ2n) is 3.44. The minimum Gasteiger partial charge on any atom is -0.330 e. The molecule has 4 nitrogen and oxygen atoms in total. The van der Waals surface area contributed by atoms with Crippen LogP contribution in [0.1, 0.15) is 32.1 Å². The first-order valence-corrected chi connectivity index (χ1v) is 5.00. The van der Waals surface area contributed by atoms with Gasteiger partial charge in [-0.1, -0.05) is 12.8 Å². The minimum absolute atomic E-state index is 0.228. The molecule has 2 amide bonds. The molecule has 78 valence electrons. The zero-order valence-corrected chi connectivity index (χ0v) is 8.21. The van der Waals surface area contributed by atoms with Gasteiger partial charge in [0.1, 0.15) is 0 Å². The van der Waals surface area contributed by atoms with Gasteiger partial charge in [-0.2, -0.15) is 0 Å². The standard InChI is InChI=1S/C10H16N2O2/c11-6-4-2-1-3-5-8-7-9(13)12-10(8)14/h7H,1-6,11H2,(H,12,13,14). The summed E-state index contributed by atoms with van der Waals surface area (Å²) in [7, 11) is 0. The highest BCUT2D eigenvalue weighted by molar-refractivity contribution is 6.16. The Morgan fingerprint density at radius 1 is 1.14 bits per heavy atom. The van der Waals surface area contributed by atoms with Gasteiger partial charge in [-0.05, 0) is 25.8 Å². The van der Waals surface area contributed by atoms with Crippen LogP contribution in [0.2, 0.25) is 0 Å². The minimum atomic E-state index is -0.285. The van der Waals surface area contributed by atoms with Crippen molar-refractivity contribution < 1.29 is 9.59 Å². The van der Waals surface area contributed by atoms with Crippen molar-refractivity contribution in [1.82, 2.24) is 5.32 Å². The van der Waals surface area contributed by atoms with Gasteiger partial charge in [0.2, 0.25) is 0 Å². The molecule has 14 heavy (non-hydrogen) atoms. The van der Waals surface area contributed by atoms with E-state index >= 15 is 0 Å². The fraction of sp³-hybridized carbons (Fsp3) is 0.600. The third-order valence-corrected chi connectivity index (χ3v) is 2.23. The van der Waals surface area contributed by atoms with Crippen LogP contribution in [0.25, 0.3) is 0 Å². The fourth-order valence-electron chi connectivity index (χ4n) is 1.45. The summed E-state index contributed by atoms with van der Waals surface area (Å²) < 4.78 is 0. The normalized spacial score (nSPS) is 15.6. The number of carbonyl (C=O) groups is 2. The largest absolute Gasteiger partial charge is 0.330 e. The van der Waals surface area contributed by atoms with Crippen molar-refractivity contribution in [2.24, 2.45) is 5.73 Å². The molecular formula is C10H16N2O2. The number of unbranched alkanes of at least 4 members (excludes halogenated alkanes) is 3. The van der Waals surface area contributed by atoms with Gasteiger partial charge < -0.3 is 5.73 Å². The van der Waals surface area contributed by atoms with Crippen LogP contribution in [0.4, 0.5) is 0 Å². The quantitative estimate of drug-likeness (QED) is 0.479. The Kier molecular flexibility index (Phi) is 4.32. The second kappa shape index (κ2) is 5.54. The summed E-state index contributed by atoms with van der Waals surface area (Å²) in [4.78, 5) is 21.9. The van der Waals surface area contributed by atoms with Crippen molar-refractivity contribution in [1.29, 1.82) is 0 Å². The summed E-state index contributed by atoms with van der Waals surface area (Å²) in [6.45, 7) is 0.724. The van der Waals surface area contributed by atoms with Crippen molar-refractivity contribution >= 4 is 11.8 Å². The molecule has 3 N–H and O–H groups in total. The predicted octanol–water partition coefficient (Wildman–Crippen LogP) is 0.478. The van der Waals surface area contributed by atoms with Crippen LogP contribution in [0.15, 0.2) is 11.6 Å². The maximum Gasteiger partial charge on any atom is 0.254 e. The summed E-state index contributed by atoms with van der Waals surface area (Å²) in [5.41, 5.74) is 5.97. The maximum atomic E-state index is 11.1. The number of hydrogen-bond acceptors (Lipinski definition) is 3. The van der Waals surface area contributed by atoms with Gasteiger partial charge in [0.15, 0.2) is 0 Å². The molecule has 0 atom stereocenters. The Balaban J connectivity index is 2.15. The van der Waals surface area contributed by atoms with Crippen LogP contribution in [-0.4, -0.2) is 18.4 Å². The van der Waals surface area contributed by atoms with Crippen molar-refractivity contribution in [3.8, 4) is 0 Å². The van der Waals surface area contributed by atoms with Gasteiger partial charge in [0.05, 0.1) is 0 Å². The van der Waals surface area contributed by atoms with Crippen LogP contribution in [-0.2, 0) is 9.59 Å². The molecule has 0 aromatic rings. The Morgan fingerprint density at radius 3 is 2.43 bits per heavy atom. The van der Waals surface area contributed by atoms with Crippen LogP contribution in [0, 0.1) is 0 Å². The first-order valence-electron chi connectivity index (χ1n) is 5.00. The highest BCUT2D eigenvalue weighted by Gasteiger charge is 2.19. The second-order valence-corrected chi connectivity index (χ2v) is 3.44. The van der Waals surface area contributed by atoms with Crippen LogP contribution >= 0.6 is 0 Å². The summed E-state index contributed by atoms with van der Waals surface area (Å²) in [6.07, 6.45) is 6.24. The van der Waals surface area contributed by atoms with Crippen molar-refractivity contribution in [3.05, 3.63) is 11.6 Å². The van der Waals surface area contributed by atoms with Gasteiger partial charge >= 0.3 is 0 Å². The summed E-state index contributed by atoms with van der Waals surface area (Å²) in [5, 5.41) is 2.23. The first-order chi connectivity index (χ1) is 6.74. The average Bonchev–Trinajstić information content (AvgIpc) is 2.45. The number of amides is 2. The number of carbonyl (C=O) groups excluding carboxylic acids is 2. The van der Waals surface area contributed by atoms with Crippen LogP contribution in [0.3, 0.4) is 0 Å². The molecule has 0 bridgehead atoms. The van der Waals surface area contributed by atoms with Crippen LogP contribution in [0.5, 0.6) is 0 Å². The van der Waals surface area contributed by atoms with E-state index in [0.29, 0.717) is 12.0 Å². The van der Waals surface area contributed by atoms with E-state index in [0.717, 1.165) is 32.2 Å². The van der Waals surface area contributed by atoms with Gasteiger partial charge in [-0.15, -0.1) is 0 Å². The van der Waals surface area contributed by atoms with Gasteiger partial charge in [0, 0.05) is 11.6 Å². The number of nitrogens with two attached hydrogens (primary N) is 1. The fourth-order valence-corrected chi connectivity index (χ4v) is 1.45. The summed E-state index contributed by atoms with van der Waals surface area (Å²) in [6, 6.07) is 0. The third-order valence-electron chi connectivity index (χ3n) is 2.23. The van der Waals surface area contributed by atoms with E-state index in [1.807, 2.05) is 0 Å². The lowest BCUT2D eigenvalue weighted by Gasteiger charge is -1.99. The molecule has 0 spiro atoms. The molecule has 0 aliphatic carbocycles. The molecule has 0 aromatic heterocycles. The predicted molar refractivity (Wildman–Crippen MR) is 53.4 cm³/mol. The van der Waals surface area contributed by atoms with Crippen molar-refractivity contribution in [3.63, 3.8) is 0 Å². The molecule has 0 radical (unpaired) electrons. The van der Waals surface area contributed by atoms with Gasteiger partial charge in [0.25, 0.3) is 11.8 Å². The molecule has 0 unspecified atom stereocenters. The summed E-state index contributed by atoms with van der Waals surface area (Å²) >= 11 is 0. The van der Waals surface area contributed by atoms with E-state index in [-0.39, 0.29) is 11.8 Å². The third kappa shape index (κ3) is 3.30. The Bertz CT molecular complexity index is 259. The molecular weight excluding hydrogens is 180 g/mol. The SMILES string of the molecule is NCCCCCCC1=CC(=O)NC1=O. The lowest BCUT2D eigenvalue weighted by molar-refractivity contribution is -0.123. The van der Waals surface area contributed by atoms with E-state index in [9.17, 15) is 9.59 Å². The molecule has 1 aliphatic heterocycles. The van der Waals surface area contributed by atoms with E-state index in [2.05, 4.69) is 5.32 Å². The molecule has 0 aromatic carbocycles. The zero-order chi connectivity index (χ0) is 10.4. The molecule has 0 saturated carbocycles. The van der Waals surface area contributed by atoms with Gasteiger partial charge in [-0.3, -0.25) is 14.9 Å². The van der Waals surface area contributed by atoms with E-state index in [1.54, 1.807) is 0 Å². The number of imide groups is 1. The molecule has 0 saturated heterocycles.